The molecule has 3 aromatic rings. The van der Waals surface area contributed by atoms with E-state index in [1.165, 1.54) is 11.8 Å². The topological polar surface area (TPSA) is 98.7 Å². The van der Waals surface area contributed by atoms with Gasteiger partial charge in [0.2, 0.25) is 17.7 Å². The molecule has 0 unspecified atom stereocenters. The lowest BCUT2D eigenvalue weighted by atomic mass is 9.95. The first kappa shape index (κ1) is 29.1. The molecule has 2 aliphatic rings. The number of hydrogen-bond donors (Lipinski definition) is 1. The van der Waals surface area contributed by atoms with Gasteiger partial charge in [0, 0.05) is 44.4 Å². The van der Waals surface area contributed by atoms with Crippen LogP contribution in [0.3, 0.4) is 0 Å². The lowest BCUT2D eigenvalue weighted by Gasteiger charge is -2.39. The molecule has 1 fully saturated rings. The smallest absolute Gasteiger partial charge is 0.364 e. The van der Waals surface area contributed by atoms with Gasteiger partial charge in [0.1, 0.15) is 17.7 Å². The van der Waals surface area contributed by atoms with E-state index < -0.39 is 41.4 Å². The second-order valence-corrected chi connectivity index (χ2v) is 10.6. The molecular weight excluding hydrogens is 573 g/mol. The average Bonchev–Trinajstić information content (AvgIpc) is 3.26. The number of para-hydroxylation sites is 1. The molecule has 2 aliphatic heterocycles. The highest BCUT2D eigenvalue weighted by Gasteiger charge is 2.49. The number of hydrogen-bond acceptors (Lipinski definition) is 6. The molecule has 0 spiro atoms. The zero-order valence-electron chi connectivity index (χ0n) is 22.7. The number of carbonyl (C=O) groups is 3. The summed E-state index contributed by atoms with van der Waals surface area (Å²) in [4.78, 5) is 51.8. The monoisotopic (exact) mass is 598 g/mol. The summed E-state index contributed by atoms with van der Waals surface area (Å²) >= 11 is 6.67. The third kappa shape index (κ3) is 5.54. The van der Waals surface area contributed by atoms with Gasteiger partial charge in [-0.05, 0) is 48.9 Å². The van der Waals surface area contributed by atoms with Crippen LogP contribution in [-0.2, 0) is 27.1 Å². The van der Waals surface area contributed by atoms with Crippen molar-refractivity contribution in [2.75, 3.05) is 33.6 Å². The number of aromatic nitrogens is 2. The molecule has 0 aliphatic carbocycles. The Hall–Kier alpha value is -4.45. The molecule has 1 N–H and O–H groups in total. The minimum atomic E-state index is -4.66. The summed E-state index contributed by atoms with van der Waals surface area (Å²) in [6, 6.07) is 9.11. The van der Waals surface area contributed by atoms with E-state index in [1.807, 2.05) is 4.90 Å². The molecule has 3 amide bonds. The average molecular weight is 599 g/mol. The summed E-state index contributed by atoms with van der Waals surface area (Å²) in [5, 5.41) is 2.96. The van der Waals surface area contributed by atoms with Crippen LogP contribution in [0.5, 0.6) is 0 Å². The Labute approximate surface area is 244 Å². The Morgan fingerprint density at radius 2 is 1.98 bits per heavy atom. The summed E-state index contributed by atoms with van der Waals surface area (Å²) in [6.45, 7) is 5.29. The van der Waals surface area contributed by atoms with Crippen molar-refractivity contribution in [3.8, 4) is 0 Å². The predicted octanol–water partition coefficient (Wildman–Crippen LogP) is 4.99. The van der Waals surface area contributed by atoms with Gasteiger partial charge in [0.15, 0.2) is 0 Å². The Morgan fingerprint density at radius 3 is 2.64 bits per heavy atom. The van der Waals surface area contributed by atoms with Gasteiger partial charge in [0.05, 0.1) is 22.0 Å². The van der Waals surface area contributed by atoms with Gasteiger partial charge >= 0.3 is 6.18 Å². The molecular formula is C29H26ClF3N6O3. The maximum absolute atomic E-state index is 13.9. The third-order valence-electron chi connectivity index (χ3n) is 7.26. The van der Waals surface area contributed by atoms with Crippen molar-refractivity contribution in [2.24, 2.45) is 5.92 Å². The van der Waals surface area contributed by atoms with Crippen molar-refractivity contribution in [2.45, 2.75) is 32.1 Å². The molecule has 13 heteroatoms. The highest BCUT2D eigenvalue weighted by Crippen LogP contribution is 2.43. The zero-order valence-corrected chi connectivity index (χ0v) is 23.4. The second kappa shape index (κ2) is 11.1. The fourth-order valence-electron chi connectivity index (χ4n) is 5.40. The number of nitrogens with one attached hydrogen (secondary N) is 1. The van der Waals surface area contributed by atoms with Gasteiger partial charge in [-0.15, -0.1) is 0 Å². The number of anilines is 4. The van der Waals surface area contributed by atoms with Gasteiger partial charge in [-0.25, -0.2) is 9.97 Å². The van der Waals surface area contributed by atoms with E-state index >= 15 is 0 Å². The van der Waals surface area contributed by atoms with Crippen LogP contribution in [-0.4, -0.2) is 47.3 Å². The zero-order chi connectivity index (χ0) is 30.3. The van der Waals surface area contributed by atoms with Gasteiger partial charge in [-0.3, -0.25) is 19.3 Å². The van der Waals surface area contributed by atoms with Crippen LogP contribution < -0.4 is 20.0 Å². The van der Waals surface area contributed by atoms with Crippen molar-refractivity contribution in [3.05, 3.63) is 83.2 Å². The molecule has 42 heavy (non-hydrogen) atoms. The number of fused-ring (bicyclic) bond motifs is 2. The van der Waals surface area contributed by atoms with E-state index in [4.69, 9.17) is 11.6 Å². The third-order valence-corrected chi connectivity index (χ3v) is 7.57. The lowest BCUT2D eigenvalue weighted by molar-refractivity contribution is -0.137. The highest BCUT2D eigenvalue weighted by atomic mass is 35.5. The number of alkyl halides is 3. The molecule has 0 bridgehead atoms. The number of likely N-dealkylation sites (N-methyl/N-ethyl adjacent to an activating group) is 1. The van der Waals surface area contributed by atoms with Gasteiger partial charge in [-0.2, -0.15) is 13.2 Å². The van der Waals surface area contributed by atoms with Gasteiger partial charge in [-0.1, -0.05) is 30.3 Å². The highest BCUT2D eigenvalue weighted by molar-refractivity contribution is 6.34. The van der Waals surface area contributed by atoms with Crippen LogP contribution >= 0.6 is 11.6 Å². The lowest BCUT2D eigenvalue weighted by Crippen LogP contribution is -2.52. The first-order valence-corrected chi connectivity index (χ1v) is 13.3. The summed E-state index contributed by atoms with van der Waals surface area (Å²) in [7, 11) is 1.54. The Bertz CT molecular complexity index is 1580. The second-order valence-electron chi connectivity index (χ2n) is 10.2. The molecule has 0 radical (unpaired) electrons. The number of benzene rings is 1. The molecule has 218 valence electrons. The summed E-state index contributed by atoms with van der Waals surface area (Å²) in [5.74, 6) is -1.84. The number of rotatable bonds is 5. The first-order chi connectivity index (χ1) is 19.9. The van der Waals surface area contributed by atoms with Gasteiger partial charge in [0.25, 0.3) is 0 Å². The largest absolute Gasteiger partial charge is 0.416 e. The number of halogens is 4. The molecule has 0 saturated carbocycles. The Kier molecular flexibility index (Phi) is 7.67. The van der Waals surface area contributed by atoms with Crippen molar-refractivity contribution in [3.63, 3.8) is 0 Å². The van der Waals surface area contributed by atoms with E-state index in [1.54, 1.807) is 43.6 Å². The summed E-state index contributed by atoms with van der Waals surface area (Å²) in [6.07, 6.45) is -2.02. The molecule has 4 heterocycles. The van der Waals surface area contributed by atoms with Crippen LogP contribution in [0.2, 0.25) is 5.02 Å². The van der Waals surface area contributed by atoms with Crippen LogP contribution in [0.4, 0.5) is 36.2 Å². The van der Waals surface area contributed by atoms with Crippen LogP contribution in [0.15, 0.2) is 61.3 Å². The number of nitrogens with zero attached hydrogens (tertiary/aromatic N) is 5. The van der Waals surface area contributed by atoms with Crippen LogP contribution in [0.1, 0.15) is 23.2 Å². The fourth-order valence-corrected chi connectivity index (χ4v) is 5.69. The number of amides is 3. The summed E-state index contributed by atoms with van der Waals surface area (Å²) < 4.78 is 40.9. The SMILES string of the molecule is C=CC(=O)Nc1ccc(CN2C[C@H]3CC(=O)N(c4cc(C(F)(F)F)cc(C)n4)[C@@H]3C(=O)N(C)c3cccc(Cl)c32)cn1. The van der Waals surface area contributed by atoms with Crippen LogP contribution in [0.25, 0.3) is 0 Å². The van der Waals surface area contributed by atoms with Crippen LogP contribution in [0, 0.1) is 12.8 Å². The first-order valence-electron chi connectivity index (χ1n) is 12.9. The standard InChI is InChI=1S/C29H26ClF3N6O3/c1-4-24(40)36-22-9-8-17(13-34-22)14-38-15-18-11-25(41)39(23-12-19(29(31,32)33)10-16(2)35-23)26(18)28(42)37(3)21-7-5-6-20(30)27(21)38/h4-10,12-13,18,26H,1,11,14-15H2,2-3H3,(H,34,36,40)/t18-,26+/m1/s1. The summed E-state index contributed by atoms with van der Waals surface area (Å²) in [5.41, 5.74) is 0.909. The Balaban J connectivity index is 1.55. The molecule has 5 rings (SSSR count). The minimum absolute atomic E-state index is 0.0710. The Morgan fingerprint density at radius 1 is 1.21 bits per heavy atom. The predicted molar refractivity (Wildman–Crippen MR) is 152 cm³/mol. The number of pyridine rings is 2. The van der Waals surface area contributed by atoms with Crippen molar-refractivity contribution in [1.29, 1.82) is 0 Å². The molecule has 9 nitrogen and oxygen atoms in total. The van der Waals surface area contributed by atoms with E-state index in [-0.39, 0.29) is 31.0 Å². The maximum atomic E-state index is 13.9. The fraction of sp³-hybridized carbons (Fsp3) is 0.276. The van der Waals surface area contributed by atoms with Crippen molar-refractivity contribution in [1.82, 2.24) is 9.97 Å². The van der Waals surface area contributed by atoms with Crippen molar-refractivity contribution >= 4 is 52.3 Å². The normalized spacial score (nSPS) is 18.8. The molecule has 2 atom stereocenters. The van der Waals surface area contributed by atoms with Gasteiger partial charge < -0.3 is 15.1 Å². The minimum Gasteiger partial charge on any atom is -0.364 e. The van der Waals surface area contributed by atoms with Crippen molar-refractivity contribution < 1.29 is 27.6 Å². The number of carbonyl (C=O) groups excluding carboxylic acids is 3. The molecule has 1 aromatic carbocycles. The maximum Gasteiger partial charge on any atom is 0.416 e. The molecule has 1 saturated heterocycles. The van der Waals surface area contributed by atoms with E-state index in [2.05, 4.69) is 21.9 Å². The molecule has 2 aromatic heterocycles. The van der Waals surface area contributed by atoms with E-state index in [9.17, 15) is 27.6 Å². The quantitative estimate of drug-likeness (QED) is 0.416. The number of aryl methyl sites for hydroxylation is 1. The van der Waals surface area contributed by atoms with E-state index in [0.717, 1.165) is 28.7 Å². The van der Waals surface area contributed by atoms with E-state index in [0.29, 0.717) is 22.2 Å².